The fourth-order valence-corrected chi connectivity index (χ4v) is 2.03. The van der Waals surface area contributed by atoms with Gasteiger partial charge in [0.15, 0.2) is 11.5 Å². The number of nitrogens with one attached hydrogen (secondary N) is 1. The highest BCUT2D eigenvalue weighted by Crippen LogP contribution is 2.37. The van der Waals surface area contributed by atoms with Crippen LogP contribution in [0.2, 0.25) is 5.02 Å². The molecule has 0 bridgehead atoms. The summed E-state index contributed by atoms with van der Waals surface area (Å²) >= 11 is 6.35. The molecule has 1 aromatic rings. The Morgan fingerprint density at radius 3 is 2.35 bits per heavy atom. The lowest BCUT2D eigenvalue weighted by atomic mass is 10.0. The summed E-state index contributed by atoms with van der Waals surface area (Å²) in [5.41, 5.74) is 1.09. The van der Waals surface area contributed by atoms with Crippen molar-refractivity contribution in [3.05, 3.63) is 22.7 Å². The van der Waals surface area contributed by atoms with Gasteiger partial charge in [-0.3, -0.25) is 0 Å². The molecule has 4 nitrogen and oxygen atoms in total. The molecule has 0 spiro atoms. The molecule has 0 radical (unpaired) electrons. The number of halogens is 1. The van der Waals surface area contributed by atoms with Gasteiger partial charge >= 0.3 is 0 Å². The Labute approximate surface area is 127 Å². The number of nitrogens with zero attached hydrogens (tertiary/aromatic N) is 1. The Kier molecular flexibility index (Phi) is 6.11. The van der Waals surface area contributed by atoms with Gasteiger partial charge in [-0.1, -0.05) is 17.7 Å². The fraction of sp³-hybridized carbons (Fsp3) is 0.600. The van der Waals surface area contributed by atoms with Gasteiger partial charge in [0.25, 0.3) is 0 Å². The van der Waals surface area contributed by atoms with Crippen LogP contribution in [0.4, 0.5) is 0 Å². The predicted octanol–water partition coefficient (Wildman–Crippen LogP) is 2.79. The van der Waals surface area contributed by atoms with E-state index in [-0.39, 0.29) is 5.54 Å². The average molecular weight is 301 g/mol. The first kappa shape index (κ1) is 17.1. The molecule has 20 heavy (non-hydrogen) atoms. The first-order valence-electron chi connectivity index (χ1n) is 6.61. The minimum atomic E-state index is 0.0863. The molecule has 0 aromatic heterocycles. The molecule has 0 unspecified atom stereocenters. The molecular formula is C15H25ClN2O2. The van der Waals surface area contributed by atoms with E-state index < -0.39 is 0 Å². The minimum absolute atomic E-state index is 0.0863. The molecule has 0 heterocycles. The van der Waals surface area contributed by atoms with Crippen LogP contribution in [0.5, 0.6) is 11.5 Å². The predicted molar refractivity (Wildman–Crippen MR) is 84.0 cm³/mol. The largest absolute Gasteiger partial charge is 0.493 e. The fourth-order valence-electron chi connectivity index (χ4n) is 1.73. The molecule has 0 atom stereocenters. The summed E-state index contributed by atoms with van der Waals surface area (Å²) in [6, 6.07) is 3.83. The molecule has 1 N–H and O–H groups in total. The molecule has 5 heteroatoms. The van der Waals surface area contributed by atoms with Gasteiger partial charge in [0.05, 0.1) is 19.2 Å². The third-order valence-electron chi connectivity index (χ3n) is 3.65. The number of likely N-dealkylation sites (N-methyl/N-ethyl adjacent to an activating group) is 1. The third-order valence-corrected chi connectivity index (χ3v) is 4.06. The van der Waals surface area contributed by atoms with Crippen molar-refractivity contribution >= 4 is 11.6 Å². The molecule has 0 aliphatic carbocycles. The Morgan fingerprint density at radius 2 is 1.85 bits per heavy atom. The van der Waals surface area contributed by atoms with Crippen molar-refractivity contribution in [3.63, 3.8) is 0 Å². The second-order valence-electron chi connectivity index (χ2n) is 5.58. The van der Waals surface area contributed by atoms with Crippen LogP contribution in [0.1, 0.15) is 19.4 Å². The van der Waals surface area contributed by atoms with Gasteiger partial charge in [0.2, 0.25) is 0 Å². The normalized spacial score (nSPS) is 11.8. The van der Waals surface area contributed by atoms with Gasteiger partial charge < -0.3 is 19.7 Å². The first-order chi connectivity index (χ1) is 9.33. The second-order valence-corrected chi connectivity index (χ2v) is 5.96. The zero-order valence-electron chi connectivity index (χ0n) is 13.2. The lowest BCUT2D eigenvalue weighted by Crippen LogP contribution is -2.46. The van der Waals surface area contributed by atoms with Crippen LogP contribution >= 0.6 is 11.6 Å². The van der Waals surface area contributed by atoms with Crippen LogP contribution in [-0.2, 0) is 6.54 Å². The lowest BCUT2D eigenvalue weighted by Gasteiger charge is -2.32. The van der Waals surface area contributed by atoms with Crippen molar-refractivity contribution in [1.29, 1.82) is 0 Å². The maximum Gasteiger partial charge on any atom is 0.179 e. The molecule has 0 aliphatic rings. The van der Waals surface area contributed by atoms with Crippen molar-refractivity contribution in [2.45, 2.75) is 25.9 Å². The van der Waals surface area contributed by atoms with E-state index in [0.29, 0.717) is 23.1 Å². The maximum absolute atomic E-state index is 6.35. The molecular weight excluding hydrogens is 276 g/mol. The van der Waals surface area contributed by atoms with Gasteiger partial charge in [0, 0.05) is 18.6 Å². The molecule has 0 saturated heterocycles. The van der Waals surface area contributed by atoms with Crippen LogP contribution in [0.25, 0.3) is 0 Å². The monoisotopic (exact) mass is 300 g/mol. The van der Waals surface area contributed by atoms with Crippen molar-refractivity contribution in [2.24, 2.45) is 0 Å². The summed E-state index contributed by atoms with van der Waals surface area (Å²) in [5.74, 6) is 1.23. The Bertz CT molecular complexity index is 448. The summed E-state index contributed by atoms with van der Waals surface area (Å²) in [5, 5.41) is 4.03. The molecule has 1 rings (SSSR count). The smallest absolute Gasteiger partial charge is 0.179 e. The number of ether oxygens (including phenoxy) is 2. The van der Waals surface area contributed by atoms with Gasteiger partial charge in [-0.05, 0) is 39.6 Å². The number of methoxy groups -OCH3 is 2. The first-order valence-corrected chi connectivity index (χ1v) is 6.98. The van der Waals surface area contributed by atoms with Crippen molar-refractivity contribution < 1.29 is 9.47 Å². The quantitative estimate of drug-likeness (QED) is 0.839. The van der Waals surface area contributed by atoms with Crippen molar-refractivity contribution in [3.8, 4) is 11.5 Å². The van der Waals surface area contributed by atoms with Crippen LogP contribution in [0.15, 0.2) is 12.1 Å². The molecule has 114 valence electrons. The topological polar surface area (TPSA) is 33.7 Å². The van der Waals surface area contributed by atoms with Crippen LogP contribution in [-0.4, -0.2) is 45.3 Å². The van der Waals surface area contributed by atoms with E-state index in [1.54, 1.807) is 14.2 Å². The molecule has 0 fully saturated rings. The van der Waals surface area contributed by atoms with E-state index in [9.17, 15) is 0 Å². The van der Waals surface area contributed by atoms with Gasteiger partial charge in [-0.15, -0.1) is 0 Å². The Morgan fingerprint density at radius 1 is 1.20 bits per heavy atom. The van der Waals surface area contributed by atoms with Gasteiger partial charge in [0.1, 0.15) is 0 Å². The van der Waals surface area contributed by atoms with Crippen LogP contribution < -0.4 is 14.8 Å². The zero-order valence-corrected chi connectivity index (χ0v) is 14.0. The van der Waals surface area contributed by atoms with E-state index in [1.165, 1.54) is 0 Å². The van der Waals surface area contributed by atoms with Gasteiger partial charge in [-0.25, -0.2) is 0 Å². The highest BCUT2D eigenvalue weighted by Gasteiger charge is 2.20. The zero-order chi connectivity index (χ0) is 15.3. The summed E-state index contributed by atoms with van der Waals surface area (Å²) in [4.78, 5) is 2.19. The summed E-state index contributed by atoms with van der Waals surface area (Å²) in [6.45, 7) is 5.94. The molecule has 0 saturated carbocycles. The summed E-state index contributed by atoms with van der Waals surface area (Å²) in [6.07, 6.45) is 0. The minimum Gasteiger partial charge on any atom is -0.493 e. The highest BCUT2D eigenvalue weighted by molar-refractivity contribution is 6.33. The maximum atomic E-state index is 6.35. The lowest BCUT2D eigenvalue weighted by molar-refractivity contribution is 0.189. The molecule has 0 aliphatic heterocycles. The number of benzene rings is 1. The standard InChI is InChI=1S/C15H25ClN2O2/c1-15(2,18(3)4)10-17-9-11-7-8-12(19-5)14(20-6)13(11)16/h7-8,17H,9-10H2,1-6H3. The highest BCUT2D eigenvalue weighted by atomic mass is 35.5. The van der Waals surface area contributed by atoms with E-state index in [1.807, 2.05) is 12.1 Å². The third kappa shape index (κ3) is 4.01. The number of hydrogen-bond donors (Lipinski definition) is 1. The Hall–Kier alpha value is -0.970. The van der Waals surface area contributed by atoms with Crippen molar-refractivity contribution in [1.82, 2.24) is 10.2 Å². The second kappa shape index (κ2) is 7.16. The van der Waals surface area contributed by atoms with Crippen molar-refractivity contribution in [2.75, 3.05) is 34.9 Å². The van der Waals surface area contributed by atoms with E-state index in [0.717, 1.165) is 12.1 Å². The summed E-state index contributed by atoms with van der Waals surface area (Å²) in [7, 11) is 7.35. The summed E-state index contributed by atoms with van der Waals surface area (Å²) < 4.78 is 10.5. The number of hydrogen-bond acceptors (Lipinski definition) is 4. The average Bonchev–Trinajstić information content (AvgIpc) is 2.39. The Balaban J connectivity index is 2.75. The van der Waals surface area contributed by atoms with E-state index in [2.05, 4.69) is 38.2 Å². The van der Waals surface area contributed by atoms with Crippen LogP contribution in [0.3, 0.4) is 0 Å². The molecule has 0 amide bonds. The molecule has 1 aromatic carbocycles. The van der Waals surface area contributed by atoms with E-state index >= 15 is 0 Å². The number of rotatable bonds is 7. The van der Waals surface area contributed by atoms with Crippen LogP contribution in [0, 0.1) is 0 Å². The van der Waals surface area contributed by atoms with Gasteiger partial charge in [-0.2, -0.15) is 0 Å². The SMILES string of the molecule is COc1ccc(CNCC(C)(C)N(C)C)c(Cl)c1OC. The van der Waals surface area contributed by atoms with E-state index in [4.69, 9.17) is 21.1 Å².